The van der Waals surface area contributed by atoms with Crippen LogP contribution in [0.5, 0.6) is 11.5 Å². The van der Waals surface area contributed by atoms with Crippen LogP contribution in [0, 0.1) is 0 Å². The minimum atomic E-state index is -0.376. The van der Waals surface area contributed by atoms with Gasteiger partial charge in [-0.05, 0) is 12.1 Å². The molecule has 0 bridgehead atoms. The summed E-state index contributed by atoms with van der Waals surface area (Å²) in [7, 11) is 4.77. The first-order valence-electron chi connectivity index (χ1n) is 14.3. The Morgan fingerprint density at radius 2 is 1.58 bits per heavy atom. The van der Waals surface area contributed by atoms with Crippen molar-refractivity contribution in [3.05, 3.63) is 54.1 Å². The predicted octanol–water partition coefficient (Wildman–Crippen LogP) is 4.11. The Hall–Kier alpha value is -4.45. The average Bonchev–Trinajstić information content (AvgIpc) is 3.48. The van der Waals surface area contributed by atoms with Gasteiger partial charge in [-0.25, -0.2) is 19.7 Å². The van der Waals surface area contributed by atoms with E-state index in [0.717, 1.165) is 86.3 Å². The van der Waals surface area contributed by atoms with E-state index >= 15 is 0 Å². The Kier molecular flexibility index (Phi) is 8.28. The largest absolute Gasteiger partial charge is 0.496 e. The predicted molar refractivity (Wildman–Crippen MR) is 166 cm³/mol. The number of nitrogens with zero attached hydrogens (tertiary/aromatic N) is 7. The van der Waals surface area contributed by atoms with Gasteiger partial charge >= 0.3 is 6.09 Å². The highest BCUT2D eigenvalue weighted by atomic mass is 35.5. The number of aromatic nitrogens is 4. The summed E-state index contributed by atoms with van der Waals surface area (Å²) in [6.45, 7) is 4.91. The van der Waals surface area contributed by atoms with Crippen LogP contribution in [-0.4, -0.2) is 92.1 Å². The van der Waals surface area contributed by atoms with Gasteiger partial charge in [0.25, 0.3) is 0 Å². The molecule has 0 radical (unpaired) electrons. The minimum Gasteiger partial charge on any atom is -0.496 e. The van der Waals surface area contributed by atoms with Gasteiger partial charge in [-0.15, -0.1) is 0 Å². The Bertz CT molecular complexity index is 1580. The van der Waals surface area contributed by atoms with E-state index in [1.165, 1.54) is 0 Å². The molecule has 3 aromatic heterocycles. The number of piperazine rings is 1. The van der Waals surface area contributed by atoms with Crippen LogP contribution in [0.4, 0.5) is 22.1 Å². The Balaban J connectivity index is 1.07. The Labute approximate surface area is 255 Å². The summed E-state index contributed by atoms with van der Waals surface area (Å²) in [5.74, 6) is 1.94. The van der Waals surface area contributed by atoms with E-state index in [4.69, 9.17) is 30.8 Å². The first kappa shape index (κ1) is 28.7. The van der Waals surface area contributed by atoms with Crippen LogP contribution in [0.2, 0.25) is 5.02 Å². The molecule has 4 aromatic rings. The molecule has 226 valence electrons. The molecule has 13 heteroatoms. The molecule has 1 amide bonds. The maximum Gasteiger partial charge on any atom is 0.407 e. The SMILES string of the molecule is CNC(=O)OC1CCN(c2cnc(N3CCN(c4ccn5cc(-c6cc(Cl)c(OC)cc6OC)nc5c4)CC3)nc2)CC1. The van der Waals surface area contributed by atoms with E-state index in [2.05, 4.69) is 42.1 Å². The third kappa shape index (κ3) is 6.05. The number of imidazole rings is 1. The minimum absolute atomic E-state index is 0.0555. The molecule has 0 spiro atoms. The number of benzene rings is 1. The normalized spacial score (nSPS) is 16.0. The van der Waals surface area contributed by atoms with Crippen molar-refractivity contribution >= 4 is 40.7 Å². The van der Waals surface area contributed by atoms with E-state index in [9.17, 15) is 4.79 Å². The molecule has 5 heterocycles. The third-order valence-corrected chi connectivity index (χ3v) is 8.33. The van der Waals surface area contributed by atoms with Gasteiger partial charge in [0.2, 0.25) is 5.95 Å². The lowest BCUT2D eigenvalue weighted by Crippen LogP contribution is -2.47. The summed E-state index contributed by atoms with van der Waals surface area (Å²) in [5, 5.41) is 3.01. The van der Waals surface area contributed by atoms with Crippen LogP contribution in [0.3, 0.4) is 0 Å². The van der Waals surface area contributed by atoms with Crippen molar-refractivity contribution in [1.82, 2.24) is 24.7 Å². The lowest BCUT2D eigenvalue weighted by molar-refractivity contribution is 0.0849. The quantitative estimate of drug-likeness (QED) is 0.330. The van der Waals surface area contributed by atoms with E-state index in [0.29, 0.717) is 16.5 Å². The number of halogens is 1. The molecule has 0 aliphatic carbocycles. The van der Waals surface area contributed by atoms with E-state index in [1.807, 2.05) is 35.3 Å². The maximum absolute atomic E-state index is 11.5. The second-order valence-electron chi connectivity index (χ2n) is 10.5. The molecule has 2 saturated heterocycles. The van der Waals surface area contributed by atoms with Crippen LogP contribution in [-0.2, 0) is 4.74 Å². The fourth-order valence-electron chi connectivity index (χ4n) is 5.61. The number of pyridine rings is 1. The van der Waals surface area contributed by atoms with Crippen molar-refractivity contribution in [1.29, 1.82) is 0 Å². The highest BCUT2D eigenvalue weighted by molar-refractivity contribution is 6.32. The number of rotatable bonds is 7. The molecular formula is C30H35ClN8O4. The Morgan fingerprint density at radius 1 is 0.907 bits per heavy atom. The van der Waals surface area contributed by atoms with E-state index in [1.54, 1.807) is 27.3 Å². The fourth-order valence-corrected chi connectivity index (χ4v) is 5.85. The van der Waals surface area contributed by atoms with Crippen molar-refractivity contribution in [2.45, 2.75) is 18.9 Å². The first-order valence-corrected chi connectivity index (χ1v) is 14.7. The van der Waals surface area contributed by atoms with Crippen LogP contribution in [0.15, 0.2) is 49.1 Å². The number of fused-ring (bicyclic) bond motifs is 1. The zero-order valence-corrected chi connectivity index (χ0v) is 25.3. The molecule has 2 aliphatic rings. The molecule has 43 heavy (non-hydrogen) atoms. The summed E-state index contributed by atoms with van der Waals surface area (Å²) >= 11 is 6.40. The van der Waals surface area contributed by atoms with Crippen molar-refractivity contribution in [2.24, 2.45) is 0 Å². The molecule has 12 nitrogen and oxygen atoms in total. The molecule has 2 fully saturated rings. The lowest BCUT2D eigenvalue weighted by Gasteiger charge is -2.36. The highest BCUT2D eigenvalue weighted by Crippen LogP contribution is 2.38. The third-order valence-electron chi connectivity index (χ3n) is 8.03. The summed E-state index contributed by atoms with van der Waals surface area (Å²) in [6.07, 6.45) is 8.92. The number of hydrogen-bond acceptors (Lipinski definition) is 10. The number of methoxy groups -OCH3 is 2. The molecular weight excluding hydrogens is 572 g/mol. The van der Waals surface area contributed by atoms with Gasteiger partial charge in [-0.3, -0.25) is 0 Å². The maximum atomic E-state index is 11.5. The molecule has 1 N–H and O–H groups in total. The van der Waals surface area contributed by atoms with Crippen molar-refractivity contribution in [3.8, 4) is 22.8 Å². The Morgan fingerprint density at radius 3 is 2.26 bits per heavy atom. The lowest BCUT2D eigenvalue weighted by atomic mass is 10.1. The van der Waals surface area contributed by atoms with Crippen LogP contribution >= 0.6 is 11.6 Å². The van der Waals surface area contributed by atoms with Crippen LogP contribution < -0.4 is 29.5 Å². The standard InChI is InChI=1S/C30H35ClN8O4/c1-32-30(40)43-22-5-8-36(9-6-22)21-17-33-29(34-18-21)38-12-10-37(11-13-38)20-4-7-39-19-25(35-28(39)14-20)23-15-24(31)27(42-3)16-26(23)41-2/h4,7,14-19,22H,5-6,8-13H2,1-3H3,(H,32,40). The highest BCUT2D eigenvalue weighted by Gasteiger charge is 2.24. The smallest absolute Gasteiger partial charge is 0.407 e. The number of alkyl carbamates (subject to hydrolysis) is 1. The fraction of sp³-hybridized carbons (Fsp3) is 0.400. The molecule has 2 aliphatic heterocycles. The van der Waals surface area contributed by atoms with Gasteiger partial charge in [-0.2, -0.15) is 0 Å². The number of anilines is 3. The summed E-state index contributed by atoms with van der Waals surface area (Å²) in [6, 6.07) is 7.81. The van der Waals surface area contributed by atoms with E-state index < -0.39 is 0 Å². The molecule has 0 atom stereocenters. The monoisotopic (exact) mass is 606 g/mol. The molecule has 6 rings (SSSR count). The second kappa shape index (κ2) is 12.4. The number of nitrogens with one attached hydrogen (secondary N) is 1. The number of hydrogen-bond donors (Lipinski definition) is 1. The first-order chi connectivity index (χ1) is 20.9. The zero-order valence-electron chi connectivity index (χ0n) is 24.5. The van der Waals surface area contributed by atoms with Gasteiger partial charge in [0, 0.05) is 94.9 Å². The van der Waals surface area contributed by atoms with Gasteiger partial charge < -0.3 is 38.6 Å². The number of piperidine rings is 1. The molecule has 0 saturated carbocycles. The van der Waals surface area contributed by atoms with Crippen LogP contribution in [0.25, 0.3) is 16.9 Å². The average molecular weight is 607 g/mol. The van der Waals surface area contributed by atoms with Crippen molar-refractivity contribution in [2.75, 3.05) is 75.2 Å². The van der Waals surface area contributed by atoms with E-state index in [-0.39, 0.29) is 12.2 Å². The second-order valence-corrected chi connectivity index (χ2v) is 10.9. The van der Waals surface area contributed by atoms with Crippen molar-refractivity contribution in [3.63, 3.8) is 0 Å². The van der Waals surface area contributed by atoms with Crippen molar-refractivity contribution < 1.29 is 19.0 Å². The van der Waals surface area contributed by atoms with Gasteiger partial charge in [0.05, 0.1) is 43.0 Å². The van der Waals surface area contributed by atoms with Crippen LogP contribution in [0.1, 0.15) is 12.8 Å². The van der Waals surface area contributed by atoms with Gasteiger partial charge in [0.15, 0.2) is 0 Å². The summed E-state index contributed by atoms with van der Waals surface area (Å²) in [4.78, 5) is 32.5. The summed E-state index contributed by atoms with van der Waals surface area (Å²) < 4.78 is 18.3. The number of amides is 1. The van der Waals surface area contributed by atoms with Gasteiger partial charge in [-0.1, -0.05) is 11.6 Å². The number of carbonyl (C=O) groups excluding carboxylic acids is 1. The topological polar surface area (TPSA) is 110 Å². The molecule has 0 unspecified atom stereocenters. The number of ether oxygens (including phenoxy) is 3. The van der Waals surface area contributed by atoms with Gasteiger partial charge in [0.1, 0.15) is 23.3 Å². The number of carbonyl (C=O) groups is 1. The zero-order chi connectivity index (χ0) is 29.9. The molecule has 1 aromatic carbocycles. The summed E-state index contributed by atoms with van der Waals surface area (Å²) in [5.41, 5.74) is 4.52.